The summed E-state index contributed by atoms with van der Waals surface area (Å²) in [5, 5.41) is 13.3. The average molecular weight is 286 g/mol. The first-order valence-electron chi connectivity index (χ1n) is 5.94. The molecule has 1 aromatic rings. The van der Waals surface area contributed by atoms with Crippen molar-refractivity contribution in [3.8, 4) is 0 Å². The Balaban J connectivity index is 2.47. The summed E-state index contributed by atoms with van der Waals surface area (Å²) in [6, 6.07) is 3.90. The van der Waals surface area contributed by atoms with Crippen molar-refractivity contribution in [1.29, 1.82) is 0 Å². The van der Waals surface area contributed by atoms with E-state index in [2.05, 4.69) is 10.6 Å². The number of hydrogen-bond acceptors (Lipinski definition) is 2. The molecule has 110 valence electrons. The zero-order valence-electron chi connectivity index (χ0n) is 11.1. The van der Waals surface area contributed by atoms with E-state index >= 15 is 0 Å². The molecule has 2 amide bonds. The average Bonchev–Trinajstić information content (AvgIpc) is 2.35. The van der Waals surface area contributed by atoms with E-state index in [1.165, 1.54) is 19.1 Å². The molecule has 0 bridgehead atoms. The lowest BCUT2D eigenvalue weighted by Crippen LogP contribution is -2.47. The van der Waals surface area contributed by atoms with Gasteiger partial charge in [0.1, 0.15) is 0 Å². The molecule has 0 aliphatic heterocycles. The molecular weight excluding hydrogens is 270 g/mol. The third-order valence-corrected chi connectivity index (χ3v) is 2.76. The van der Waals surface area contributed by atoms with Gasteiger partial charge in [0.2, 0.25) is 0 Å². The van der Waals surface area contributed by atoms with Crippen LogP contribution in [-0.2, 0) is 6.54 Å². The molecule has 5 nitrogen and oxygen atoms in total. The minimum Gasteiger partial charge on any atom is -0.478 e. The van der Waals surface area contributed by atoms with Crippen molar-refractivity contribution in [2.45, 2.75) is 32.4 Å². The Morgan fingerprint density at radius 3 is 2.30 bits per heavy atom. The van der Waals surface area contributed by atoms with Crippen molar-refractivity contribution >= 4 is 12.0 Å². The van der Waals surface area contributed by atoms with Crippen molar-refractivity contribution in [3.05, 3.63) is 35.4 Å². The molecule has 0 fully saturated rings. The Labute approximate surface area is 115 Å². The lowest BCUT2D eigenvalue weighted by molar-refractivity contribution is -0.00840. The van der Waals surface area contributed by atoms with Gasteiger partial charge in [-0.05, 0) is 24.6 Å². The van der Waals surface area contributed by atoms with Crippen molar-refractivity contribution in [1.82, 2.24) is 10.6 Å². The fourth-order valence-electron chi connectivity index (χ4n) is 1.32. The molecule has 1 atom stereocenters. The Morgan fingerprint density at radius 1 is 1.30 bits per heavy atom. The molecule has 0 aliphatic carbocycles. The zero-order chi connectivity index (χ0) is 15.3. The number of alkyl halides is 2. The number of amides is 2. The second kappa shape index (κ2) is 6.31. The van der Waals surface area contributed by atoms with Crippen LogP contribution < -0.4 is 10.6 Å². The lowest BCUT2D eigenvalue weighted by Gasteiger charge is -2.20. The Hall–Kier alpha value is -2.18. The van der Waals surface area contributed by atoms with Gasteiger partial charge < -0.3 is 15.7 Å². The van der Waals surface area contributed by atoms with Crippen LogP contribution in [0.1, 0.15) is 29.8 Å². The number of carbonyl (C=O) groups is 2. The van der Waals surface area contributed by atoms with Crippen LogP contribution in [0.3, 0.4) is 0 Å². The molecule has 1 aromatic carbocycles. The van der Waals surface area contributed by atoms with E-state index in [1.54, 1.807) is 12.1 Å². The Kier molecular flexibility index (Phi) is 5.01. The van der Waals surface area contributed by atoms with E-state index in [1.807, 2.05) is 0 Å². The molecule has 0 spiro atoms. The van der Waals surface area contributed by atoms with E-state index < -0.39 is 24.0 Å². The van der Waals surface area contributed by atoms with Gasteiger partial charge in [0.25, 0.3) is 5.92 Å². The standard InChI is InChI=1S/C13H16F2N2O3/c1-8(13(2,14)15)17-12(20)16-7-9-3-5-10(6-4-9)11(18)19/h3-6,8H,7H2,1-2H3,(H,18,19)(H2,16,17,20). The minimum atomic E-state index is -3.00. The second-order valence-electron chi connectivity index (χ2n) is 4.51. The number of benzene rings is 1. The monoisotopic (exact) mass is 286 g/mol. The Morgan fingerprint density at radius 2 is 1.85 bits per heavy atom. The zero-order valence-corrected chi connectivity index (χ0v) is 11.1. The van der Waals surface area contributed by atoms with E-state index in [4.69, 9.17) is 5.11 Å². The van der Waals surface area contributed by atoms with E-state index in [0.29, 0.717) is 5.56 Å². The van der Waals surface area contributed by atoms with Crippen LogP contribution in [0.5, 0.6) is 0 Å². The van der Waals surface area contributed by atoms with Crippen molar-refractivity contribution < 1.29 is 23.5 Å². The molecule has 0 heterocycles. The minimum absolute atomic E-state index is 0.119. The highest BCUT2D eigenvalue weighted by Crippen LogP contribution is 2.16. The van der Waals surface area contributed by atoms with E-state index in [9.17, 15) is 18.4 Å². The SMILES string of the molecule is CC(NC(=O)NCc1ccc(C(=O)O)cc1)C(C)(F)F. The molecule has 0 aliphatic rings. The number of carbonyl (C=O) groups excluding carboxylic acids is 1. The van der Waals surface area contributed by atoms with Crippen molar-refractivity contribution in [2.75, 3.05) is 0 Å². The summed E-state index contributed by atoms with van der Waals surface area (Å²) in [5.74, 6) is -4.04. The van der Waals surface area contributed by atoms with Crippen LogP contribution in [0.15, 0.2) is 24.3 Å². The highest BCUT2D eigenvalue weighted by Gasteiger charge is 2.31. The van der Waals surface area contributed by atoms with Gasteiger partial charge in [0.15, 0.2) is 0 Å². The highest BCUT2D eigenvalue weighted by molar-refractivity contribution is 5.87. The van der Waals surface area contributed by atoms with Crippen LogP contribution in [0, 0.1) is 0 Å². The molecule has 0 radical (unpaired) electrons. The summed E-state index contributed by atoms with van der Waals surface area (Å²) in [6.07, 6.45) is 0. The van der Waals surface area contributed by atoms with Gasteiger partial charge in [0, 0.05) is 13.5 Å². The lowest BCUT2D eigenvalue weighted by atomic mass is 10.1. The first-order valence-corrected chi connectivity index (χ1v) is 5.94. The van der Waals surface area contributed by atoms with Gasteiger partial charge in [-0.15, -0.1) is 0 Å². The molecule has 3 N–H and O–H groups in total. The Bertz CT molecular complexity index is 483. The van der Waals surface area contributed by atoms with Gasteiger partial charge in [-0.2, -0.15) is 0 Å². The molecular formula is C13H16F2N2O3. The first kappa shape index (κ1) is 15.9. The summed E-state index contributed by atoms with van der Waals surface area (Å²) in [6.45, 7) is 2.05. The van der Waals surface area contributed by atoms with E-state index in [-0.39, 0.29) is 12.1 Å². The van der Waals surface area contributed by atoms with Crippen molar-refractivity contribution in [2.24, 2.45) is 0 Å². The molecule has 1 unspecified atom stereocenters. The maximum absolute atomic E-state index is 12.9. The van der Waals surface area contributed by atoms with Gasteiger partial charge in [-0.25, -0.2) is 18.4 Å². The summed E-state index contributed by atoms with van der Waals surface area (Å²) in [7, 11) is 0. The number of aromatic carboxylic acids is 1. The first-order chi connectivity index (χ1) is 9.20. The van der Waals surface area contributed by atoms with Crippen LogP contribution in [0.4, 0.5) is 13.6 Å². The molecule has 0 aromatic heterocycles. The van der Waals surface area contributed by atoms with Crippen LogP contribution in [0.2, 0.25) is 0 Å². The highest BCUT2D eigenvalue weighted by atomic mass is 19.3. The summed E-state index contributed by atoms with van der Waals surface area (Å²) in [5.41, 5.74) is 0.804. The van der Waals surface area contributed by atoms with Gasteiger partial charge >= 0.3 is 12.0 Å². The summed E-state index contributed by atoms with van der Waals surface area (Å²) >= 11 is 0. The van der Waals surface area contributed by atoms with Gasteiger partial charge in [0.05, 0.1) is 11.6 Å². The third kappa shape index (κ3) is 4.83. The fraction of sp³-hybridized carbons (Fsp3) is 0.385. The predicted molar refractivity (Wildman–Crippen MR) is 68.9 cm³/mol. The fourth-order valence-corrected chi connectivity index (χ4v) is 1.32. The normalized spacial score (nSPS) is 12.6. The second-order valence-corrected chi connectivity index (χ2v) is 4.51. The molecule has 0 saturated heterocycles. The largest absolute Gasteiger partial charge is 0.478 e. The number of carboxylic acid groups (broad SMARTS) is 1. The molecule has 1 rings (SSSR count). The molecule has 7 heteroatoms. The number of halogens is 2. The maximum atomic E-state index is 12.9. The van der Waals surface area contributed by atoms with Gasteiger partial charge in [-0.1, -0.05) is 12.1 Å². The number of carboxylic acids is 1. The molecule has 20 heavy (non-hydrogen) atoms. The van der Waals surface area contributed by atoms with Crippen molar-refractivity contribution in [3.63, 3.8) is 0 Å². The topological polar surface area (TPSA) is 78.4 Å². The number of rotatable bonds is 5. The quantitative estimate of drug-likeness (QED) is 0.776. The number of nitrogens with one attached hydrogen (secondary N) is 2. The number of hydrogen-bond donors (Lipinski definition) is 3. The summed E-state index contributed by atoms with van der Waals surface area (Å²) in [4.78, 5) is 22.0. The van der Waals surface area contributed by atoms with Gasteiger partial charge in [-0.3, -0.25) is 0 Å². The molecule has 0 saturated carbocycles. The predicted octanol–water partition coefficient (Wildman–Crippen LogP) is 2.23. The summed E-state index contributed by atoms with van der Waals surface area (Å²) < 4.78 is 25.7. The number of urea groups is 1. The third-order valence-electron chi connectivity index (χ3n) is 2.76. The maximum Gasteiger partial charge on any atom is 0.335 e. The van der Waals surface area contributed by atoms with Crippen LogP contribution in [0.25, 0.3) is 0 Å². The van der Waals surface area contributed by atoms with E-state index in [0.717, 1.165) is 6.92 Å². The smallest absolute Gasteiger partial charge is 0.335 e. The van der Waals surface area contributed by atoms with Crippen LogP contribution in [-0.4, -0.2) is 29.1 Å². The van der Waals surface area contributed by atoms with Crippen LogP contribution >= 0.6 is 0 Å².